The minimum atomic E-state index is -4.90. The van der Waals surface area contributed by atoms with Crippen LogP contribution in [-0.4, -0.2) is 19.1 Å². The van der Waals surface area contributed by atoms with Gasteiger partial charge in [-0.3, -0.25) is 0 Å². The van der Waals surface area contributed by atoms with Crippen molar-refractivity contribution < 1.29 is 30.7 Å². The Bertz CT molecular complexity index is 937. The number of hydrogen-bond acceptors (Lipinski definition) is 4. The van der Waals surface area contributed by atoms with E-state index in [-0.39, 0.29) is 11.9 Å². The highest BCUT2D eigenvalue weighted by molar-refractivity contribution is 5.33. The normalized spacial score (nSPS) is 18.2. The Morgan fingerprint density at radius 1 is 0.974 bits per heavy atom. The van der Waals surface area contributed by atoms with Gasteiger partial charge in [-0.15, -0.1) is 0 Å². The van der Waals surface area contributed by atoms with Crippen molar-refractivity contribution in [3.63, 3.8) is 0 Å². The fraction of sp³-hybridized carbons (Fsp3) is 0.556. The summed E-state index contributed by atoms with van der Waals surface area (Å²) in [6.45, 7) is 5.38. The van der Waals surface area contributed by atoms with Crippen LogP contribution >= 0.6 is 0 Å². The van der Waals surface area contributed by atoms with Gasteiger partial charge in [0.25, 0.3) is 0 Å². The van der Waals surface area contributed by atoms with E-state index in [1.54, 1.807) is 12.1 Å². The summed E-state index contributed by atoms with van der Waals surface area (Å²) >= 11 is 0. The van der Waals surface area contributed by atoms with Crippen LogP contribution < -0.4 is 11.1 Å². The molecule has 0 aliphatic heterocycles. The van der Waals surface area contributed by atoms with Gasteiger partial charge >= 0.3 is 12.4 Å². The number of nitrogens with two attached hydrogens (primary N) is 1. The number of rotatable bonds is 6. The fourth-order valence-corrected chi connectivity index (χ4v) is 4.50. The Morgan fingerprint density at radius 3 is 1.87 bits per heavy atom. The summed E-state index contributed by atoms with van der Waals surface area (Å²) in [5.41, 5.74) is 3.08. The highest BCUT2D eigenvalue weighted by Gasteiger charge is 2.37. The lowest BCUT2D eigenvalue weighted by Crippen LogP contribution is -2.34. The van der Waals surface area contributed by atoms with Gasteiger partial charge in [-0.2, -0.15) is 31.2 Å². The van der Waals surface area contributed by atoms with Crippen LogP contribution in [0.5, 0.6) is 0 Å². The zero-order valence-corrected chi connectivity index (χ0v) is 22.0. The van der Waals surface area contributed by atoms with E-state index in [9.17, 15) is 35.6 Å². The van der Waals surface area contributed by atoms with E-state index in [4.69, 9.17) is 5.73 Å². The Hall–Kier alpha value is -2.53. The van der Waals surface area contributed by atoms with Crippen LogP contribution in [0.3, 0.4) is 0 Å². The second-order valence-electron chi connectivity index (χ2n) is 9.50. The van der Waals surface area contributed by atoms with Gasteiger partial charge in [-0.05, 0) is 85.6 Å². The van der Waals surface area contributed by atoms with Gasteiger partial charge in [0.15, 0.2) is 0 Å². The van der Waals surface area contributed by atoms with E-state index >= 15 is 0 Å². The first kappa shape index (κ1) is 33.5. The molecular formula is C27H36F7N3O. The van der Waals surface area contributed by atoms with Crippen LogP contribution in [-0.2, 0) is 18.9 Å². The quantitative estimate of drug-likeness (QED) is 0.282. The molecule has 0 radical (unpaired) electrons. The molecular weight excluding hydrogens is 515 g/mol. The lowest BCUT2D eigenvalue weighted by atomic mass is 9.83. The van der Waals surface area contributed by atoms with Crippen molar-refractivity contribution in [3.8, 4) is 0 Å². The minimum absolute atomic E-state index is 0.00565. The van der Waals surface area contributed by atoms with E-state index in [1.807, 2.05) is 33.0 Å². The van der Waals surface area contributed by atoms with Crippen molar-refractivity contribution in [1.82, 2.24) is 5.32 Å². The van der Waals surface area contributed by atoms with Crippen LogP contribution in [0.4, 0.5) is 30.7 Å². The van der Waals surface area contributed by atoms with Crippen molar-refractivity contribution in [3.05, 3.63) is 75.4 Å². The molecule has 3 rings (SSSR count). The molecule has 1 saturated carbocycles. The van der Waals surface area contributed by atoms with Gasteiger partial charge < -0.3 is 11.1 Å². The maximum atomic E-state index is 12.9. The van der Waals surface area contributed by atoms with Gasteiger partial charge in [0.05, 0.1) is 11.1 Å². The van der Waals surface area contributed by atoms with Gasteiger partial charge in [0.2, 0.25) is 0 Å². The Morgan fingerprint density at radius 2 is 1.47 bits per heavy atom. The topological polar surface area (TPSA) is 67.5 Å². The number of halogens is 7. The van der Waals surface area contributed by atoms with Gasteiger partial charge in [-0.1, -0.05) is 44.5 Å². The molecule has 2 unspecified atom stereocenters. The first-order valence-electron chi connectivity index (χ1n) is 12.4. The molecule has 11 heteroatoms. The molecule has 3 atom stereocenters. The summed E-state index contributed by atoms with van der Waals surface area (Å²) in [7, 11) is 2.05. The predicted octanol–water partition coefficient (Wildman–Crippen LogP) is 8.05. The second-order valence-corrected chi connectivity index (χ2v) is 9.50. The largest absolute Gasteiger partial charge is 0.416 e. The molecule has 0 aromatic heterocycles. The minimum Gasteiger partial charge on any atom is -0.328 e. The third-order valence-electron chi connectivity index (χ3n) is 6.09. The van der Waals surface area contributed by atoms with Gasteiger partial charge in [0.1, 0.15) is 12.4 Å². The van der Waals surface area contributed by atoms with Crippen molar-refractivity contribution >= 4 is 0 Å². The van der Waals surface area contributed by atoms with E-state index in [0.717, 1.165) is 0 Å². The highest BCUT2D eigenvalue weighted by atomic mass is 19.4. The molecule has 0 heterocycles. The number of nitroso groups, excluding NO2 is 1. The van der Waals surface area contributed by atoms with Crippen LogP contribution in [0, 0.1) is 16.6 Å². The van der Waals surface area contributed by atoms with Gasteiger partial charge in [0, 0.05) is 6.04 Å². The first-order valence-corrected chi connectivity index (χ1v) is 12.4. The lowest BCUT2D eigenvalue weighted by Gasteiger charge is -2.28. The third-order valence-corrected chi connectivity index (χ3v) is 6.09. The summed E-state index contributed by atoms with van der Waals surface area (Å²) in [5, 5.41) is 5.70. The van der Waals surface area contributed by atoms with E-state index < -0.39 is 35.6 Å². The SMILES string of the molecule is CC(C)N.CC[C@@H](NC)C1CCCC1c1ccc(F)cc1.O=NCc1cc(C(F)(F)F)cc(C(F)(F)F)c1. The van der Waals surface area contributed by atoms with E-state index in [1.165, 1.54) is 31.2 Å². The molecule has 2 aromatic rings. The third kappa shape index (κ3) is 11.1. The number of alkyl halides is 6. The highest BCUT2D eigenvalue weighted by Crippen LogP contribution is 2.42. The molecule has 1 fully saturated rings. The van der Waals surface area contributed by atoms with Crippen LogP contribution in [0.2, 0.25) is 0 Å². The average molecular weight is 552 g/mol. The molecule has 214 valence electrons. The fourth-order valence-electron chi connectivity index (χ4n) is 4.50. The van der Waals surface area contributed by atoms with Crippen LogP contribution in [0.25, 0.3) is 0 Å². The Kier molecular flexibility index (Phi) is 13.4. The zero-order valence-electron chi connectivity index (χ0n) is 22.0. The van der Waals surface area contributed by atoms with Crippen LogP contribution in [0.1, 0.15) is 74.6 Å². The smallest absolute Gasteiger partial charge is 0.328 e. The Labute approximate surface area is 219 Å². The standard InChI is InChI=1S/C15H22FN.C9H5F6NO.C3H9N/c1-3-15(17-2)14-6-4-5-13(14)11-7-9-12(16)10-8-11;10-8(11,12)6-1-5(4-16-17)2-7(3-6)9(13,14)15;1-3(2)4/h7-10,13-15,17H,3-6H2,1-2H3;1-3H,4H2;3H,4H2,1-2H3/t13?,14?,15-;;/m1../s1. The molecule has 0 bridgehead atoms. The number of hydrogen-bond donors (Lipinski definition) is 2. The van der Waals surface area contributed by atoms with Crippen LogP contribution in [0.15, 0.2) is 47.6 Å². The summed E-state index contributed by atoms with van der Waals surface area (Å²) in [6.07, 6.45) is -4.81. The lowest BCUT2D eigenvalue weighted by molar-refractivity contribution is -0.143. The zero-order chi connectivity index (χ0) is 29.1. The summed E-state index contributed by atoms with van der Waals surface area (Å²) in [4.78, 5) is 9.88. The monoisotopic (exact) mass is 551 g/mol. The van der Waals surface area contributed by atoms with Gasteiger partial charge in [-0.25, -0.2) is 4.39 Å². The predicted molar refractivity (Wildman–Crippen MR) is 135 cm³/mol. The molecule has 1 aliphatic rings. The molecule has 1 aliphatic carbocycles. The van der Waals surface area contributed by atoms with Crippen molar-refractivity contribution in [2.45, 2.75) is 83.4 Å². The van der Waals surface area contributed by atoms with Crippen molar-refractivity contribution in [2.75, 3.05) is 7.05 Å². The van der Waals surface area contributed by atoms with Crippen molar-refractivity contribution in [2.24, 2.45) is 16.8 Å². The molecule has 0 spiro atoms. The van der Waals surface area contributed by atoms with Crippen molar-refractivity contribution in [1.29, 1.82) is 0 Å². The number of benzene rings is 2. The number of nitrogens with zero attached hydrogens (tertiary/aromatic N) is 1. The summed E-state index contributed by atoms with van der Waals surface area (Å²) in [5.74, 6) is 1.17. The average Bonchev–Trinajstić information content (AvgIpc) is 3.29. The molecule has 2 aromatic carbocycles. The molecule has 4 nitrogen and oxygen atoms in total. The van der Waals surface area contributed by atoms with E-state index in [0.29, 0.717) is 36.1 Å². The summed E-state index contributed by atoms with van der Waals surface area (Å²) in [6, 6.07) is 8.95. The molecule has 0 amide bonds. The molecule has 3 N–H and O–H groups in total. The number of nitrogens with one attached hydrogen (secondary N) is 1. The molecule has 0 saturated heterocycles. The second kappa shape index (κ2) is 15.2. The maximum absolute atomic E-state index is 12.9. The molecule has 38 heavy (non-hydrogen) atoms. The first-order chi connectivity index (χ1) is 17.6. The Balaban J connectivity index is 0.000000333. The summed E-state index contributed by atoms with van der Waals surface area (Å²) < 4.78 is 86.8. The maximum Gasteiger partial charge on any atom is 0.416 e. The van der Waals surface area contributed by atoms with E-state index in [2.05, 4.69) is 17.4 Å².